The molecule has 0 aliphatic carbocycles. The van der Waals surface area contributed by atoms with Gasteiger partial charge in [-0.05, 0) is 59.7 Å². The Morgan fingerprint density at radius 1 is 0.483 bits per heavy atom. The number of para-hydroxylation sites is 2. The van der Waals surface area contributed by atoms with E-state index in [0.29, 0.717) is 0 Å². The van der Waals surface area contributed by atoms with Crippen molar-refractivity contribution in [1.82, 2.24) is 9.47 Å². The first-order valence-corrected chi connectivity index (χ1v) is 21.2. The number of rotatable bonds is 5. The van der Waals surface area contributed by atoms with Gasteiger partial charge in [0.25, 0.3) is 0 Å². The summed E-state index contributed by atoms with van der Waals surface area (Å²) in [7, 11) is 2.15. The summed E-state index contributed by atoms with van der Waals surface area (Å²) in [4.78, 5) is 13.1. The number of amidine groups is 2. The van der Waals surface area contributed by atoms with Crippen molar-refractivity contribution in [2.24, 2.45) is 9.98 Å². The molecule has 0 amide bonds. The molecule has 0 N–H and O–H groups in total. The van der Waals surface area contributed by atoms with E-state index in [1.807, 2.05) is 28.7 Å². The molecule has 1 aliphatic heterocycles. The fraction of sp³-hybridized carbons (Fsp3) is 0.0385. The Bertz CT molecular complexity index is 3480. The van der Waals surface area contributed by atoms with Crippen LogP contribution in [0.1, 0.15) is 22.9 Å². The van der Waals surface area contributed by atoms with Crippen LogP contribution in [0.4, 0.5) is 0 Å². The lowest BCUT2D eigenvalue weighted by Crippen LogP contribution is -2.35. The highest BCUT2D eigenvalue weighted by molar-refractivity contribution is 7.26. The first-order chi connectivity index (χ1) is 28.7. The number of hydrogen-bond donors (Lipinski definition) is 0. The van der Waals surface area contributed by atoms with Gasteiger partial charge in [0.15, 0.2) is 12.0 Å². The molecule has 0 saturated carbocycles. The van der Waals surface area contributed by atoms with E-state index in [0.717, 1.165) is 22.8 Å². The summed E-state index contributed by atoms with van der Waals surface area (Å²) in [6, 6.07) is 65.7. The third kappa shape index (κ3) is 5.05. The van der Waals surface area contributed by atoms with Crippen LogP contribution in [-0.2, 0) is 0 Å². The van der Waals surface area contributed by atoms with Crippen molar-refractivity contribution in [3.05, 3.63) is 199 Å². The van der Waals surface area contributed by atoms with E-state index in [4.69, 9.17) is 9.98 Å². The average molecular weight is 779 g/mol. The second-order valence-electron chi connectivity index (χ2n) is 14.9. The van der Waals surface area contributed by atoms with Crippen molar-refractivity contribution in [3.63, 3.8) is 0 Å². The van der Waals surface area contributed by atoms with E-state index in [1.165, 1.54) is 84.5 Å². The summed E-state index contributed by atoms with van der Waals surface area (Å²) < 4.78 is 7.42. The largest absolute Gasteiger partial charge is 0.333 e. The number of hydrogen-bond acceptors (Lipinski definition) is 5. The van der Waals surface area contributed by atoms with Crippen LogP contribution in [0.15, 0.2) is 192 Å². The summed E-state index contributed by atoms with van der Waals surface area (Å²) in [6.07, 6.45) is -0.284. The van der Waals surface area contributed by atoms with Gasteiger partial charge in [0, 0.05) is 80.5 Å². The van der Waals surface area contributed by atoms with E-state index >= 15 is 0 Å². The summed E-state index contributed by atoms with van der Waals surface area (Å²) in [5.74, 6) is 1.68. The van der Waals surface area contributed by atoms with E-state index in [2.05, 4.69) is 192 Å². The van der Waals surface area contributed by atoms with Crippen LogP contribution in [0, 0.1) is 0 Å². The van der Waals surface area contributed by atoms with Crippen molar-refractivity contribution >= 4 is 96.5 Å². The van der Waals surface area contributed by atoms with Crippen molar-refractivity contribution in [2.45, 2.75) is 6.17 Å². The third-order valence-electron chi connectivity index (χ3n) is 11.7. The maximum atomic E-state index is 5.46. The van der Waals surface area contributed by atoms with Crippen molar-refractivity contribution < 1.29 is 0 Å². The molecular weight excluding hydrogens is 745 g/mol. The molecule has 6 heteroatoms. The smallest absolute Gasteiger partial charge is 0.159 e. The molecule has 58 heavy (non-hydrogen) atoms. The number of benzene rings is 8. The van der Waals surface area contributed by atoms with Crippen LogP contribution in [0.2, 0.25) is 0 Å². The van der Waals surface area contributed by atoms with Crippen molar-refractivity contribution in [3.8, 4) is 16.8 Å². The number of fused-ring (bicyclic) bond motifs is 9. The van der Waals surface area contributed by atoms with Crippen LogP contribution >= 0.6 is 22.7 Å². The Hall–Kier alpha value is -6.86. The maximum absolute atomic E-state index is 5.46. The number of aromatic nitrogens is 1. The SMILES string of the molecule is CN1C(c2cccc3c2sc2ccccc23)=NC(c2ccccc2)=NC1c1cccc2c1sc1cccc(-c3ccc4c(c3)c3ccccc3n4-c3ccccc3)c12. The Balaban J connectivity index is 1.03. The summed E-state index contributed by atoms with van der Waals surface area (Å²) in [5, 5.41) is 7.58. The van der Waals surface area contributed by atoms with E-state index in [9.17, 15) is 0 Å². The highest BCUT2D eigenvalue weighted by Crippen LogP contribution is 2.46. The molecule has 274 valence electrons. The van der Waals surface area contributed by atoms with Gasteiger partial charge in [0.1, 0.15) is 5.84 Å². The summed E-state index contributed by atoms with van der Waals surface area (Å²) in [6.45, 7) is 0. The number of nitrogens with zero attached hydrogens (tertiary/aromatic N) is 4. The predicted octanol–water partition coefficient (Wildman–Crippen LogP) is 14.0. The standard InChI is InChI=1S/C52H34N4S2/c1-55-51(40-24-12-22-38-37-20-9-11-27-45(37)57-48(38)40)53-50(32-15-4-2-5-16-32)54-52(55)41-25-13-23-39-47-35(21-14-28-46(47)58-49(39)41)33-29-30-44-42(31-33)36-19-8-10-26-43(36)56(44)34-17-6-3-7-18-34/h2-31,52H,1H3. The molecular formula is C52H34N4S2. The molecule has 0 fully saturated rings. The van der Waals surface area contributed by atoms with Gasteiger partial charge >= 0.3 is 0 Å². The van der Waals surface area contributed by atoms with Gasteiger partial charge in [-0.3, -0.25) is 0 Å². The molecule has 0 saturated heterocycles. The molecule has 8 aromatic carbocycles. The summed E-state index contributed by atoms with van der Waals surface area (Å²) >= 11 is 3.70. The fourth-order valence-corrected chi connectivity index (χ4v) is 11.5. The Labute approximate surface area is 342 Å². The van der Waals surface area contributed by atoms with Gasteiger partial charge < -0.3 is 9.47 Å². The Morgan fingerprint density at radius 3 is 2.02 bits per heavy atom. The van der Waals surface area contributed by atoms with E-state index in [1.54, 1.807) is 0 Å². The lowest BCUT2D eigenvalue weighted by Gasteiger charge is -2.33. The van der Waals surface area contributed by atoms with E-state index < -0.39 is 0 Å². The predicted molar refractivity (Wildman–Crippen MR) is 248 cm³/mol. The zero-order valence-electron chi connectivity index (χ0n) is 31.5. The molecule has 0 radical (unpaired) electrons. The average Bonchev–Trinajstić information content (AvgIpc) is 3.97. The molecule has 1 aliphatic rings. The minimum absolute atomic E-state index is 0.284. The molecule has 0 bridgehead atoms. The Kier molecular flexibility index (Phi) is 7.52. The van der Waals surface area contributed by atoms with Gasteiger partial charge in [-0.1, -0.05) is 133 Å². The van der Waals surface area contributed by atoms with Crippen LogP contribution in [0.3, 0.4) is 0 Å². The second-order valence-corrected chi connectivity index (χ2v) is 17.0. The van der Waals surface area contributed by atoms with Gasteiger partial charge in [-0.25, -0.2) is 9.98 Å². The molecule has 11 aromatic rings. The topological polar surface area (TPSA) is 32.9 Å². The molecule has 4 nitrogen and oxygen atoms in total. The quantitative estimate of drug-likeness (QED) is 0.171. The van der Waals surface area contributed by atoms with Gasteiger partial charge in [0.05, 0.1) is 11.0 Å². The maximum Gasteiger partial charge on any atom is 0.159 e. The molecule has 1 unspecified atom stereocenters. The monoisotopic (exact) mass is 778 g/mol. The van der Waals surface area contributed by atoms with Gasteiger partial charge in [-0.2, -0.15) is 0 Å². The van der Waals surface area contributed by atoms with Gasteiger partial charge in [0.2, 0.25) is 0 Å². The third-order valence-corrected chi connectivity index (χ3v) is 14.1. The lowest BCUT2D eigenvalue weighted by molar-refractivity contribution is 0.385. The number of aliphatic imine (C=N–C) groups is 2. The zero-order valence-corrected chi connectivity index (χ0v) is 33.1. The highest BCUT2D eigenvalue weighted by atomic mass is 32.1. The molecule has 3 aromatic heterocycles. The van der Waals surface area contributed by atoms with Crippen LogP contribution < -0.4 is 0 Å². The molecule has 4 heterocycles. The van der Waals surface area contributed by atoms with Crippen LogP contribution in [0.25, 0.3) is 79.0 Å². The summed E-state index contributed by atoms with van der Waals surface area (Å²) in [5.41, 5.74) is 9.35. The first kappa shape index (κ1) is 33.3. The van der Waals surface area contributed by atoms with Gasteiger partial charge in [-0.15, -0.1) is 22.7 Å². The number of thiophene rings is 2. The molecule has 12 rings (SSSR count). The normalized spacial score (nSPS) is 14.6. The lowest BCUT2D eigenvalue weighted by atomic mass is 9.97. The Morgan fingerprint density at radius 2 is 1.14 bits per heavy atom. The van der Waals surface area contributed by atoms with Crippen LogP contribution in [0.5, 0.6) is 0 Å². The van der Waals surface area contributed by atoms with Crippen molar-refractivity contribution in [1.29, 1.82) is 0 Å². The van der Waals surface area contributed by atoms with Crippen LogP contribution in [-0.4, -0.2) is 28.2 Å². The second kappa shape index (κ2) is 13.1. The van der Waals surface area contributed by atoms with E-state index in [-0.39, 0.29) is 6.17 Å². The molecule has 1 atom stereocenters. The minimum atomic E-state index is -0.284. The highest BCUT2D eigenvalue weighted by Gasteiger charge is 2.30. The first-order valence-electron chi connectivity index (χ1n) is 19.6. The zero-order chi connectivity index (χ0) is 38.3. The molecule has 0 spiro atoms. The minimum Gasteiger partial charge on any atom is -0.333 e. The van der Waals surface area contributed by atoms with Crippen molar-refractivity contribution in [2.75, 3.05) is 7.05 Å². The fourth-order valence-electron chi connectivity index (χ4n) is 9.01.